The molecular formula is C12H14BrNO2S. The van der Waals surface area contributed by atoms with Gasteiger partial charge in [0.1, 0.15) is 0 Å². The first-order chi connectivity index (χ1) is 8.14. The number of aldehydes is 1. The van der Waals surface area contributed by atoms with Crippen LogP contribution in [0.1, 0.15) is 12.8 Å². The minimum atomic E-state index is -0.588. The number of hydrogen-bond donors (Lipinski definition) is 1. The van der Waals surface area contributed by atoms with Gasteiger partial charge in [0.15, 0.2) is 17.6 Å². The van der Waals surface area contributed by atoms with Crippen LogP contribution in [0, 0.1) is 0 Å². The third-order valence-electron chi connectivity index (χ3n) is 2.79. The minimum Gasteiger partial charge on any atom is -0.476 e. The van der Waals surface area contributed by atoms with Gasteiger partial charge in [-0.1, -0.05) is 0 Å². The molecule has 5 heteroatoms. The molecule has 3 nitrogen and oxygen atoms in total. The summed E-state index contributed by atoms with van der Waals surface area (Å²) in [5.41, 5.74) is 0.312. The van der Waals surface area contributed by atoms with E-state index < -0.39 is 5.60 Å². The molecule has 0 atom stereocenters. The van der Waals surface area contributed by atoms with Crippen LogP contribution in [-0.2, 0) is 4.79 Å². The summed E-state index contributed by atoms with van der Waals surface area (Å²) in [7, 11) is 1.85. The van der Waals surface area contributed by atoms with Crippen LogP contribution in [0.25, 0.3) is 0 Å². The van der Waals surface area contributed by atoms with Crippen molar-refractivity contribution >= 4 is 39.7 Å². The third-order valence-corrected chi connectivity index (χ3v) is 4.08. The molecule has 0 aliphatic heterocycles. The highest BCUT2D eigenvalue weighted by Crippen LogP contribution is 2.45. The van der Waals surface area contributed by atoms with Crippen LogP contribution in [0.15, 0.2) is 21.5 Å². The second kappa shape index (κ2) is 4.90. The molecule has 0 bridgehead atoms. The fraction of sp³-hybridized carbons (Fsp3) is 0.417. The van der Waals surface area contributed by atoms with Crippen LogP contribution in [0.5, 0.6) is 5.75 Å². The highest BCUT2D eigenvalue weighted by Gasteiger charge is 2.46. The summed E-state index contributed by atoms with van der Waals surface area (Å²) in [6.07, 6.45) is 4.53. The minimum absolute atomic E-state index is 0.588. The number of thioether (sulfide) groups is 1. The molecule has 0 aromatic heterocycles. The molecule has 1 saturated carbocycles. The molecule has 1 N–H and O–H groups in total. The Balaban J connectivity index is 2.35. The van der Waals surface area contributed by atoms with Crippen LogP contribution in [0.4, 0.5) is 5.69 Å². The Kier molecular flexibility index (Phi) is 3.68. The molecule has 0 radical (unpaired) electrons. The van der Waals surface area contributed by atoms with E-state index in [1.807, 2.05) is 25.4 Å². The van der Waals surface area contributed by atoms with E-state index >= 15 is 0 Å². The normalized spacial score (nSPS) is 16.4. The maximum absolute atomic E-state index is 11.0. The Morgan fingerprint density at radius 1 is 1.53 bits per heavy atom. The number of halogens is 1. The van der Waals surface area contributed by atoms with E-state index in [9.17, 15) is 4.79 Å². The van der Waals surface area contributed by atoms with Gasteiger partial charge in [0.2, 0.25) is 0 Å². The first-order valence-electron chi connectivity index (χ1n) is 5.35. The summed E-state index contributed by atoms with van der Waals surface area (Å²) in [6, 6.07) is 4.02. The molecule has 0 unspecified atom stereocenters. The molecule has 1 fully saturated rings. The predicted molar refractivity (Wildman–Crippen MR) is 74.1 cm³/mol. The number of benzene rings is 1. The highest BCUT2D eigenvalue weighted by atomic mass is 79.9. The van der Waals surface area contributed by atoms with Gasteiger partial charge in [-0.05, 0) is 47.2 Å². The molecule has 17 heavy (non-hydrogen) atoms. The number of nitrogens with one attached hydrogen (secondary N) is 1. The third kappa shape index (κ3) is 2.60. The summed E-state index contributed by atoms with van der Waals surface area (Å²) in [5, 5.41) is 3.10. The zero-order chi connectivity index (χ0) is 12.5. The van der Waals surface area contributed by atoms with Crippen molar-refractivity contribution in [3.05, 3.63) is 16.6 Å². The summed E-state index contributed by atoms with van der Waals surface area (Å²) >= 11 is 5.16. The molecule has 0 amide bonds. The summed E-state index contributed by atoms with van der Waals surface area (Å²) in [5.74, 6) is 0.718. The van der Waals surface area contributed by atoms with E-state index in [1.54, 1.807) is 11.8 Å². The molecule has 92 valence electrons. The molecule has 1 aliphatic carbocycles. The second-order valence-electron chi connectivity index (χ2n) is 4.02. The van der Waals surface area contributed by atoms with E-state index in [4.69, 9.17) is 4.74 Å². The van der Waals surface area contributed by atoms with E-state index in [-0.39, 0.29) is 0 Å². The average Bonchev–Trinajstić information content (AvgIpc) is 3.12. The Hall–Kier alpha value is -0.680. The van der Waals surface area contributed by atoms with Crippen molar-refractivity contribution in [1.82, 2.24) is 0 Å². The molecule has 1 aliphatic rings. The molecular weight excluding hydrogens is 302 g/mol. The lowest BCUT2D eigenvalue weighted by molar-refractivity contribution is -0.115. The van der Waals surface area contributed by atoms with Crippen molar-refractivity contribution in [2.45, 2.75) is 23.3 Å². The number of carbonyl (C=O) groups is 1. The van der Waals surface area contributed by atoms with Crippen molar-refractivity contribution < 1.29 is 9.53 Å². The van der Waals surface area contributed by atoms with Gasteiger partial charge in [0.05, 0.1) is 10.2 Å². The lowest BCUT2D eigenvalue weighted by Gasteiger charge is -2.17. The lowest BCUT2D eigenvalue weighted by atomic mass is 10.2. The predicted octanol–water partition coefficient (Wildman–Crippen LogP) is 3.32. The Morgan fingerprint density at radius 2 is 2.24 bits per heavy atom. The quantitative estimate of drug-likeness (QED) is 0.668. The number of ether oxygens (including phenoxy) is 1. The first kappa shape index (κ1) is 12.8. The smallest absolute Gasteiger partial charge is 0.164 e. The van der Waals surface area contributed by atoms with Crippen LogP contribution in [-0.4, -0.2) is 25.2 Å². The van der Waals surface area contributed by atoms with Crippen molar-refractivity contribution in [1.29, 1.82) is 0 Å². The maximum Gasteiger partial charge on any atom is 0.164 e. The zero-order valence-corrected chi connectivity index (χ0v) is 12.2. The fourth-order valence-corrected chi connectivity index (χ4v) is 2.71. The Bertz CT molecular complexity index is 446. The van der Waals surface area contributed by atoms with Crippen LogP contribution in [0.3, 0.4) is 0 Å². The van der Waals surface area contributed by atoms with E-state index in [1.165, 1.54) is 0 Å². The highest BCUT2D eigenvalue weighted by molar-refractivity contribution is 9.10. The number of hydrogen-bond acceptors (Lipinski definition) is 4. The van der Waals surface area contributed by atoms with Crippen molar-refractivity contribution in [3.8, 4) is 5.75 Å². The first-order valence-corrected chi connectivity index (χ1v) is 7.36. The van der Waals surface area contributed by atoms with E-state index in [0.717, 1.165) is 39.9 Å². The van der Waals surface area contributed by atoms with Gasteiger partial charge in [-0.15, -0.1) is 11.8 Å². The summed E-state index contributed by atoms with van der Waals surface area (Å²) in [6.45, 7) is 0. The number of carbonyl (C=O) groups excluding carboxylic acids is 1. The van der Waals surface area contributed by atoms with Crippen LogP contribution >= 0.6 is 27.7 Å². The van der Waals surface area contributed by atoms with Crippen molar-refractivity contribution in [2.75, 3.05) is 18.6 Å². The van der Waals surface area contributed by atoms with Gasteiger partial charge in [-0.3, -0.25) is 4.79 Å². The van der Waals surface area contributed by atoms with Gasteiger partial charge in [0, 0.05) is 11.9 Å². The number of rotatable bonds is 5. The standard InChI is InChI=1S/C12H14BrNO2S/c1-14-10-6-8(17-2)5-9(13)11(10)16-12(7-15)3-4-12/h5-7,14H,3-4H2,1-2H3. The van der Waals surface area contributed by atoms with Gasteiger partial charge in [0.25, 0.3) is 0 Å². The van der Waals surface area contributed by atoms with Crippen molar-refractivity contribution in [3.63, 3.8) is 0 Å². The molecule has 0 spiro atoms. The monoisotopic (exact) mass is 315 g/mol. The topological polar surface area (TPSA) is 38.3 Å². The van der Waals surface area contributed by atoms with Crippen molar-refractivity contribution in [2.24, 2.45) is 0 Å². The summed E-state index contributed by atoms with van der Waals surface area (Å²) in [4.78, 5) is 12.1. The largest absolute Gasteiger partial charge is 0.476 e. The molecule has 0 heterocycles. The van der Waals surface area contributed by atoms with Crippen LogP contribution < -0.4 is 10.1 Å². The average molecular weight is 316 g/mol. The molecule has 1 aromatic carbocycles. The molecule has 0 saturated heterocycles. The molecule has 1 aromatic rings. The van der Waals surface area contributed by atoms with Gasteiger partial charge < -0.3 is 10.1 Å². The second-order valence-corrected chi connectivity index (χ2v) is 5.75. The van der Waals surface area contributed by atoms with Gasteiger partial charge in [-0.25, -0.2) is 0 Å². The maximum atomic E-state index is 11.0. The Labute approximate surface area is 113 Å². The molecule has 2 rings (SSSR count). The number of anilines is 1. The summed E-state index contributed by atoms with van der Waals surface area (Å²) < 4.78 is 6.70. The van der Waals surface area contributed by atoms with Crippen LogP contribution in [0.2, 0.25) is 0 Å². The van der Waals surface area contributed by atoms with Gasteiger partial charge >= 0.3 is 0 Å². The lowest BCUT2D eigenvalue weighted by Crippen LogP contribution is -2.20. The van der Waals surface area contributed by atoms with E-state index in [0.29, 0.717) is 0 Å². The van der Waals surface area contributed by atoms with Gasteiger partial charge in [-0.2, -0.15) is 0 Å². The zero-order valence-electron chi connectivity index (χ0n) is 9.75. The van der Waals surface area contributed by atoms with E-state index in [2.05, 4.69) is 21.2 Å². The SMILES string of the molecule is CNc1cc(SC)cc(Br)c1OC1(C=O)CC1. The fourth-order valence-electron chi connectivity index (χ4n) is 1.55. The Morgan fingerprint density at radius 3 is 2.71 bits per heavy atom.